The molecule has 1 nitrogen and oxygen atoms in total. The smallest absolute Gasteiger partial charge is 0.0606 e. The lowest BCUT2D eigenvalue weighted by Gasteiger charge is -2.17. The first kappa shape index (κ1) is 11.4. The van der Waals surface area contributed by atoms with Crippen LogP contribution in [-0.4, -0.2) is 12.9 Å². The van der Waals surface area contributed by atoms with E-state index < -0.39 is 0 Å². The van der Waals surface area contributed by atoms with Crippen LogP contribution in [0.3, 0.4) is 0 Å². The molecule has 0 fully saturated rings. The highest BCUT2D eigenvalue weighted by Gasteiger charge is 2.03. The Labute approximate surface area is 92.5 Å². The zero-order valence-corrected chi connectivity index (χ0v) is 10.1. The van der Waals surface area contributed by atoms with E-state index in [4.69, 9.17) is 0 Å². The molecule has 1 rings (SSSR count). The van der Waals surface area contributed by atoms with Gasteiger partial charge in [0.1, 0.15) is 0 Å². The van der Waals surface area contributed by atoms with Crippen molar-refractivity contribution in [3.8, 4) is 0 Å². The number of hydrogen-bond acceptors (Lipinski definition) is 2. The molecular formula is C12H19NS. The normalized spacial score (nSPS) is 12.6. The third kappa shape index (κ3) is 2.68. The predicted octanol–water partition coefficient (Wildman–Crippen LogP) is 3.52. The van der Waals surface area contributed by atoms with Crippen LogP contribution in [0.2, 0.25) is 0 Å². The molecule has 0 aliphatic heterocycles. The van der Waals surface area contributed by atoms with Crippen molar-refractivity contribution in [3.05, 3.63) is 29.8 Å². The Kier molecular flexibility index (Phi) is 4.33. The number of benzene rings is 1. The van der Waals surface area contributed by atoms with Crippen LogP contribution < -0.4 is 4.90 Å². The Bertz CT molecular complexity index is 239. The average Bonchev–Trinajstić information content (AvgIpc) is 2.27. The van der Waals surface area contributed by atoms with E-state index in [1.54, 1.807) is 0 Å². The van der Waals surface area contributed by atoms with Crippen molar-refractivity contribution < 1.29 is 0 Å². The average molecular weight is 209 g/mol. The van der Waals surface area contributed by atoms with Crippen LogP contribution in [0.25, 0.3) is 0 Å². The summed E-state index contributed by atoms with van der Waals surface area (Å²) in [5.74, 6) is 1.41. The lowest BCUT2D eigenvalue weighted by atomic mass is 9.98. The summed E-state index contributed by atoms with van der Waals surface area (Å²) in [5, 5.41) is 0. The largest absolute Gasteiger partial charge is 0.366 e. The van der Waals surface area contributed by atoms with Gasteiger partial charge in [0.25, 0.3) is 0 Å². The fourth-order valence-corrected chi connectivity index (χ4v) is 1.54. The predicted molar refractivity (Wildman–Crippen MR) is 67.4 cm³/mol. The van der Waals surface area contributed by atoms with Crippen LogP contribution in [0.15, 0.2) is 24.3 Å². The van der Waals surface area contributed by atoms with Crippen LogP contribution in [0.5, 0.6) is 0 Å². The zero-order chi connectivity index (χ0) is 10.6. The van der Waals surface area contributed by atoms with Crippen molar-refractivity contribution in [2.75, 3.05) is 17.8 Å². The SMILES string of the molecule is CCC(C)c1ccc(N(C)CS)cc1. The lowest BCUT2D eigenvalue weighted by molar-refractivity contribution is 0.733. The molecule has 0 aliphatic carbocycles. The van der Waals surface area contributed by atoms with E-state index in [2.05, 4.69) is 55.6 Å². The maximum atomic E-state index is 4.24. The minimum absolute atomic E-state index is 0.658. The monoisotopic (exact) mass is 209 g/mol. The van der Waals surface area contributed by atoms with Gasteiger partial charge in [-0.3, -0.25) is 0 Å². The number of nitrogens with zero attached hydrogens (tertiary/aromatic N) is 1. The third-order valence-electron chi connectivity index (χ3n) is 2.73. The fourth-order valence-electron chi connectivity index (χ4n) is 1.37. The first-order valence-corrected chi connectivity index (χ1v) is 5.74. The first-order chi connectivity index (χ1) is 6.69. The highest BCUT2D eigenvalue weighted by atomic mass is 32.1. The number of thiol groups is 1. The molecule has 0 saturated heterocycles. The van der Waals surface area contributed by atoms with Crippen molar-refractivity contribution in [2.24, 2.45) is 0 Å². The Morgan fingerprint density at radius 2 is 1.86 bits per heavy atom. The van der Waals surface area contributed by atoms with Crippen LogP contribution in [0.4, 0.5) is 5.69 Å². The molecule has 2 heteroatoms. The van der Waals surface area contributed by atoms with Crippen LogP contribution in [0.1, 0.15) is 31.7 Å². The van der Waals surface area contributed by atoms with E-state index in [0.717, 1.165) is 5.88 Å². The van der Waals surface area contributed by atoms with Gasteiger partial charge in [0.15, 0.2) is 0 Å². The van der Waals surface area contributed by atoms with Crippen molar-refractivity contribution in [3.63, 3.8) is 0 Å². The number of hydrogen-bond donors (Lipinski definition) is 1. The lowest BCUT2D eigenvalue weighted by Crippen LogP contribution is -2.13. The minimum Gasteiger partial charge on any atom is -0.366 e. The van der Waals surface area contributed by atoms with Gasteiger partial charge in [-0.2, -0.15) is 12.6 Å². The highest BCUT2D eigenvalue weighted by Crippen LogP contribution is 2.21. The molecule has 0 radical (unpaired) electrons. The fraction of sp³-hybridized carbons (Fsp3) is 0.500. The zero-order valence-electron chi connectivity index (χ0n) is 9.20. The van der Waals surface area contributed by atoms with E-state index in [0.29, 0.717) is 5.92 Å². The van der Waals surface area contributed by atoms with Crippen LogP contribution in [-0.2, 0) is 0 Å². The second kappa shape index (κ2) is 5.30. The Hall–Kier alpha value is -0.630. The second-order valence-electron chi connectivity index (χ2n) is 3.74. The Balaban J connectivity index is 2.78. The molecule has 1 unspecified atom stereocenters. The number of anilines is 1. The molecular weight excluding hydrogens is 190 g/mol. The van der Waals surface area contributed by atoms with Gasteiger partial charge in [0, 0.05) is 12.7 Å². The van der Waals surface area contributed by atoms with Crippen molar-refractivity contribution >= 4 is 18.3 Å². The van der Waals surface area contributed by atoms with Gasteiger partial charge in [-0.05, 0) is 30.0 Å². The summed E-state index contributed by atoms with van der Waals surface area (Å²) >= 11 is 4.24. The maximum Gasteiger partial charge on any atom is 0.0606 e. The molecule has 1 atom stereocenters. The molecule has 1 aromatic carbocycles. The second-order valence-corrected chi connectivity index (χ2v) is 4.02. The van der Waals surface area contributed by atoms with Gasteiger partial charge in [-0.25, -0.2) is 0 Å². The molecule has 78 valence electrons. The van der Waals surface area contributed by atoms with Gasteiger partial charge in [0.2, 0.25) is 0 Å². The number of rotatable bonds is 4. The van der Waals surface area contributed by atoms with Crippen molar-refractivity contribution in [2.45, 2.75) is 26.2 Å². The third-order valence-corrected chi connectivity index (χ3v) is 3.15. The molecule has 0 amide bonds. The summed E-state index contributed by atoms with van der Waals surface area (Å²) in [6.07, 6.45) is 1.20. The molecule has 0 saturated carbocycles. The highest BCUT2D eigenvalue weighted by molar-refractivity contribution is 7.80. The van der Waals surface area contributed by atoms with E-state index >= 15 is 0 Å². The summed E-state index contributed by atoms with van der Waals surface area (Å²) in [6, 6.07) is 8.75. The van der Waals surface area contributed by atoms with E-state index in [9.17, 15) is 0 Å². The summed E-state index contributed by atoms with van der Waals surface area (Å²) in [7, 11) is 2.05. The Morgan fingerprint density at radius 1 is 1.29 bits per heavy atom. The van der Waals surface area contributed by atoms with Crippen LogP contribution >= 0.6 is 12.6 Å². The Morgan fingerprint density at radius 3 is 2.29 bits per heavy atom. The quantitative estimate of drug-likeness (QED) is 0.586. The molecule has 0 heterocycles. The van der Waals surface area contributed by atoms with E-state index in [-0.39, 0.29) is 0 Å². The van der Waals surface area contributed by atoms with Crippen molar-refractivity contribution in [1.29, 1.82) is 0 Å². The van der Waals surface area contributed by atoms with E-state index in [1.807, 2.05) is 7.05 Å². The van der Waals surface area contributed by atoms with Gasteiger partial charge in [-0.1, -0.05) is 26.0 Å². The summed E-state index contributed by atoms with van der Waals surface area (Å²) in [6.45, 7) is 4.48. The van der Waals surface area contributed by atoms with Gasteiger partial charge >= 0.3 is 0 Å². The molecule has 14 heavy (non-hydrogen) atoms. The molecule has 0 spiro atoms. The molecule has 0 aromatic heterocycles. The summed E-state index contributed by atoms with van der Waals surface area (Å²) in [4.78, 5) is 2.11. The minimum atomic E-state index is 0.658. The molecule has 0 bridgehead atoms. The van der Waals surface area contributed by atoms with Gasteiger partial charge < -0.3 is 4.90 Å². The first-order valence-electron chi connectivity index (χ1n) is 5.11. The van der Waals surface area contributed by atoms with Crippen LogP contribution in [0, 0.1) is 0 Å². The van der Waals surface area contributed by atoms with E-state index in [1.165, 1.54) is 17.7 Å². The van der Waals surface area contributed by atoms with Gasteiger partial charge in [-0.15, -0.1) is 0 Å². The van der Waals surface area contributed by atoms with Crippen molar-refractivity contribution in [1.82, 2.24) is 0 Å². The molecule has 0 N–H and O–H groups in total. The topological polar surface area (TPSA) is 3.24 Å². The molecule has 0 aliphatic rings. The standard InChI is InChI=1S/C12H19NS/c1-4-10(2)11-5-7-12(8-6-11)13(3)9-14/h5-8,10,14H,4,9H2,1-3H3. The summed E-state index contributed by atoms with van der Waals surface area (Å²) in [5.41, 5.74) is 2.65. The maximum absolute atomic E-state index is 4.24. The summed E-state index contributed by atoms with van der Waals surface area (Å²) < 4.78 is 0. The van der Waals surface area contributed by atoms with Gasteiger partial charge in [0.05, 0.1) is 5.88 Å². The molecule has 1 aromatic rings.